The number of hydrogen-bond acceptors (Lipinski definition) is 5. The molecule has 8 heteroatoms. The van der Waals surface area contributed by atoms with Gasteiger partial charge in [0.25, 0.3) is 0 Å². The summed E-state index contributed by atoms with van der Waals surface area (Å²) in [7, 11) is 0. The van der Waals surface area contributed by atoms with E-state index in [2.05, 4.69) is 10.6 Å². The summed E-state index contributed by atoms with van der Waals surface area (Å²) in [5, 5.41) is 24.5. The number of aliphatic carboxylic acids is 1. The third kappa shape index (κ3) is 6.53. The highest BCUT2D eigenvalue weighted by molar-refractivity contribution is 5.92. The van der Waals surface area contributed by atoms with Crippen LogP contribution in [0.3, 0.4) is 0 Å². The van der Waals surface area contributed by atoms with Crippen LogP contribution in [0.25, 0.3) is 0 Å². The van der Waals surface area contributed by atoms with Gasteiger partial charge in [0.2, 0.25) is 0 Å². The van der Waals surface area contributed by atoms with Crippen molar-refractivity contribution < 1.29 is 29.3 Å². The number of urea groups is 1. The van der Waals surface area contributed by atoms with Gasteiger partial charge in [-0.15, -0.1) is 0 Å². The molecule has 2 atom stereocenters. The van der Waals surface area contributed by atoms with Crippen LogP contribution in [0.15, 0.2) is 30.3 Å². The lowest BCUT2D eigenvalue weighted by Gasteiger charge is -2.36. The molecule has 4 N–H and O–H groups in total. The lowest BCUT2D eigenvalue weighted by atomic mass is 9.77. The molecule has 156 valence electrons. The zero-order valence-corrected chi connectivity index (χ0v) is 16.6. The van der Waals surface area contributed by atoms with E-state index in [0.717, 1.165) is 0 Å². The first kappa shape index (κ1) is 23.4. The molecule has 0 aromatic heterocycles. The minimum atomic E-state index is -2.02. The number of carbonyl (C=O) groups is 3. The average molecular weight is 394 g/mol. The van der Waals surface area contributed by atoms with Crippen molar-refractivity contribution in [3.8, 4) is 0 Å². The van der Waals surface area contributed by atoms with Gasteiger partial charge in [0.1, 0.15) is 0 Å². The van der Waals surface area contributed by atoms with E-state index >= 15 is 0 Å². The smallest absolute Gasteiger partial charge is 0.330 e. The Morgan fingerprint density at radius 3 is 2.32 bits per heavy atom. The first-order valence-corrected chi connectivity index (χ1v) is 9.37. The van der Waals surface area contributed by atoms with E-state index < -0.39 is 36.0 Å². The largest absolute Gasteiger partial charge is 0.479 e. The highest BCUT2D eigenvalue weighted by Crippen LogP contribution is 2.28. The molecule has 0 radical (unpaired) electrons. The zero-order chi connectivity index (χ0) is 21.2. The molecule has 1 rings (SSSR count). The molecule has 8 nitrogen and oxygen atoms in total. The standard InChI is InChI=1S/C20H30N2O6/c1-4-28-17(24)16(12-15-8-6-5-7-9-15)20(10-11-23,18(25)26)22-19(27)21-13-14(2)3/h5-9,14,16,23H,4,10-13H2,1-3H3,(H,25,26)(H2,21,22,27). The fraction of sp³-hybridized carbons (Fsp3) is 0.550. The second-order valence-electron chi connectivity index (χ2n) is 6.97. The lowest BCUT2D eigenvalue weighted by Crippen LogP contribution is -2.64. The molecule has 0 fully saturated rings. The van der Waals surface area contributed by atoms with E-state index in [4.69, 9.17) is 4.74 Å². The second kappa shape index (κ2) is 11.3. The maximum Gasteiger partial charge on any atom is 0.330 e. The van der Waals surface area contributed by atoms with Crippen molar-refractivity contribution in [1.29, 1.82) is 0 Å². The summed E-state index contributed by atoms with van der Waals surface area (Å²) < 4.78 is 5.10. The summed E-state index contributed by atoms with van der Waals surface area (Å²) in [5.41, 5.74) is -1.30. The van der Waals surface area contributed by atoms with Gasteiger partial charge in [0.15, 0.2) is 5.54 Å². The molecule has 0 spiro atoms. The number of rotatable bonds is 11. The molecular formula is C20H30N2O6. The Morgan fingerprint density at radius 2 is 1.82 bits per heavy atom. The van der Waals surface area contributed by atoms with Gasteiger partial charge in [-0.2, -0.15) is 0 Å². The number of carboxylic acids is 1. The van der Waals surface area contributed by atoms with E-state index in [1.165, 1.54) is 0 Å². The summed E-state index contributed by atoms with van der Waals surface area (Å²) in [6.07, 6.45) is -0.301. The summed E-state index contributed by atoms with van der Waals surface area (Å²) in [4.78, 5) is 37.3. The molecule has 0 aliphatic carbocycles. The predicted octanol–water partition coefficient (Wildman–Crippen LogP) is 1.57. The van der Waals surface area contributed by atoms with E-state index in [0.29, 0.717) is 12.1 Å². The first-order chi connectivity index (χ1) is 13.3. The third-order valence-corrected chi connectivity index (χ3v) is 4.34. The molecule has 2 amide bonds. The van der Waals surface area contributed by atoms with Crippen LogP contribution >= 0.6 is 0 Å². The van der Waals surface area contributed by atoms with Crippen LogP contribution in [-0.4, -0.2) is 53.5 Å². The second-order valence-corrected chi connectivity index (χ2v) is 6.97. The van der Waals surface area contributed by atoms with Crippen molar-refractivity contribution in [1.82, 2.24) is 10.6 Å². The van der Waals surface area contributed by atoms with Crippen LogP contribution in [0.1, 0.15) is 32.8 Å². The summed E-state index contributed by atoms with van der Waals surface area (Å²) in [5.74, 6) is -3.21. The number of aliphatic hydroxyl groups is 1. The summed E-state index contributed by atoms with van der Waals surface area (Å²) in [6, 6.07) is 8.15. The molecule has 0 aliphatic heterocycles. The Morgan fingerprint density at radius 1 is 1.18 bits per heavy atom. The number of ether oxygens (including phenoxy) is 1. The van der Waals surface area contributed by atoms with Crippen molar-refractivity contribution in [2.24, 2.45) is 11.8 Å². The molecule has 0 saturated carbocycles. The predicted molar refractivity (Wildman–Crippen MR) is 104 cm³/mol. The Balaban J connectivity index is 3.29. The van der Waals surface area contributed by atoms with Crippen LogP contribution in [-0.2, 0) is 20.7 Å². The van der Waals surface area contributed by atoms with Gasteiger partial charge in [-0.3, -0.25) is 4.79 Å². The first-order valence-electron chi connectivity index (χ1n) is 9.37. The number of amides is 2. The van der Waals surface area contributed by atoms with Gasteiger partial charge in [0, 0.05) is 19.6 Å². The summed E-state index contributed by atoms with van der Waals surface area (Å²) >= 11 is 0. The van der Waals surface area contributed by atoms with Gasteiger partial charge in [-0.25, -0.2) is 9.59 Å². The maximum absolute atomic E-state index is 12.7. The van der Waals surface area contributed by atoms with E-state index in [9.17, 15) is 24.6 Å². The fourth-order valence-corrected chi connectivity index (χ4v) is 2.90. The number of nitrogens with one attached hydrogen (secondary N) is 2. The van der Waals surface area contributed by atoms with Gasteiger partial charge < -0.3 is 25.6 Å². The zero-order valence-electron chi connectivity index (χ0n) is 16.6. The SMILES string of the molecule is CCOC(=O)C(Cc1ccccc1)C(CCO)(NC(=O)NCC(C)C)C(=O)O. The monoisotopic (exact) mass is 394 g/mol. The van der Waals surface area contributed by atoms with Gasteiger partial charge in [0.05, 0.1) is 12.5 Å². The van der Waals surface area contributed by atoms with Crippen LogP contribution in [0, 0.1) is 11.8 Å². The maximum atomic E-state index is 12.7. The van der Waals surface area contributed by atoms with E-state index in [1.807, 2.05) is 13.8 Å². The number of carboxylic acid groups (broad SMARTS) is 1. The molecule has 0 bridgehead atoms. The molecule has 0 saturated heterocycles. The Kier molecular flexibility index (Phi) is 9.44. The number of aliphatic hydroxyl groups excluding tert-OH is 1. The van der Waals surface area contributed by atoms with Crippen molar-refractivity contribution in [2.45, 2.75) is 39.2 Å². The number of benzene rings is 1. The van der Waals surface area contributed by atoms with Crippen molar-refractivity contribution in [3.63, 3.8) is 0 Å². The van der Waals surface area contributed by atoms with Crippen LogP contribution < -0.4 is 10.6 Å². The normalized spacial score (nSPS) is 14.0. The minimum Gasteiger partial charge on any atom is -0.479 e. The molecule has 0 aliphatic rings. The van der Waals surface area contributed by atoms with Crippen molar-refractivity contribution >= 4 is 18.0 Å². The summed E-state index contributed by atoms with van der Waals surface area (Å²) in [6.45, 7) is 5.29. The van der Waals surface area contributed by atoms with Gasteiger partial charge >= 0.3 is 18.0 Å². The Bertz CT molecular complexity index is 649. The minimum absolute atomic E-state index is 0.0381. The van der Waals surface area contributed by atoms with Crippen LogP contribution in [0.4, 0.5) is 4.79 Å². The van der Waals surface area contributed by atoms with Gasteiger partial charge in [-0.1, -0.05) is 44.2 Å². The highest BCUT2D eigenvalue weighted by Gasteiger charge is 2.51. The Labute approximate surface area is 165 Å². The van der Waals surface area contributed by atoms with E-state index in [1.54, 1.807) is 37.3 Å². The molecule has 1 aromatic rings. The Hall–Kier alpha value is -2.61. The van der Waals surface area contributed by atoms with Crippen molar-refractivity contribution in [3.05, 3.63) is 35.9 Å². The van der Waals surface area contributed by atoms with Gasteiger partial charge in [-0.05, 0) is 24.8 Å². The number of carbonyl (C=O) groups excluding carboxylic acids is 2. The topological polar surface area (TPSA) is 125 Å². The molecule has 1 aromatic carbocycles. The van der Waals surface area contributed by atoms with Crippen LogP contribution in [0.2, 0.25) is 0 Å². The van der Waals surface area contributed by atoms with Crippen LogP contribution in [0.5, 0.6) is 0 Å². The lowest BCUT2D eigenvalue weighted by molar-refractivity contribution is -0.161. The molecular weight excluding hydrogens is 364 g/mol. The number of esters is 1. The van der Waals surface area contributed by atoms with E-state index in [-0.39, 0.29) is 25.4 Å². The number of hydrogen-bond donors (Lipinski definition) is 4. The molecule has 2 unspecified atom stereocenters. The fourth-order valence-electron chi connectivity index (χ4n) is 2.90. The average Bonchev–Trinajstić information content (AvgIpc) is 2.65. The highest BCUT2D eigenvalue weighted by atomic mass is 16.5. The molecule has 0 heterocycles. The molecule has 28 heavy (non-hydrogen) atoms. The van der Waals surface area contributed by atoms with Crippen molar-refractivity contribution in [2.75, 3.05) is 19.8 Å². The quantitative estimate of drug-likeness (QED) is 0.422. The third-order valence-electron chi connectivity index (χ3n) is 4.34.